The number of aliphatic hydroxyl groups is 9. The Bertz CT molecular complexity index is 820. The number of hydrogen-bond donors (Lipinski definition) is 9. The van der Waals surface area contributed by atoms with Gasteiger partial charge in [0, 0.05) is 7.11 Å². The summed E-state index contributed by atoms with van der Waals surface area (Å²) in [7, 11) is 1.30. The molecule has 0 amide bonds. The van der Waals surface area contributed by atoms with Gasteiger partial charge in [-0.15, -0.1) is 0 Å². The molecule has 0 spiro atoms. The number of aliphatic hydroxyl groups excluding tert-OH is 8. The smallest absolute Gasteiger partial charge is 0.187 e. The van der Waals surface area contributed by atoms with E-state index in [2.05, 4.69) is 0 Å². The molecule has 4 heterocycles. The molecule has 17 heteroatoms. The van der Waals surface area contributed by atoms with Crippen LogP contribution in [0.4, 0.5) is 0 Å². The van der Waals surface area contributed by atoms with Crippen molar-refractivity contribution in [1.29, 1.82) is 0 Å². The van der Waals surface area contributed by atoms with Gasteiger partial charge in [-0.25, -0.2) is 0 Å². The van der Waals surface area contributed by atoms with Gasteiger partial charge in [0.05, 0.1) is 32.0 Å². The van der Waals surface area contributed by atoms with E-state index in [1.807, 2.05) is 0 Å². The van der Waals surface area contributed by atoms with Gasteiger partial charge in [-0.1, -0.05) is 0 Å². The van der Waals surface area contributed by atoms with Gasteiger partial charge in [-0.3, -0.25) is 0 Å². The molecule has 0 aromatic rings. The van der Waals surface area contributed by atoms with Gasteiger partial charge >= 0.3 is 0 Å². The molecular weight excluding hydrogens is 548 g/mol. The zero-order chi connectivity index (χ0) is 29.5. The summed E-state index contributed by atoms with van der Waals surface area (Å²) >= 11 is 0. The highest BCUT2D eigenvalue weighted by molar-refractivity contribution is 4.96. The molecule has 4 aliphatic rings. The average molecular weight is 589 g/mol. The molecule has 4 fully saturated rings. The third-order valence-corrected chi connectivity index (χ3v) is 7.70. The fourth-order valence-corrected chi connectivity index (χ4v) is 5.04. The van der Waals surface area contributed by atoms with Gasteiger partial charge in [-0.05, 0) is 13.8 Å². The normalized spacial score (nSPS) is 54.0. The summed E-state index contributed by atoms with van der Waals surface area (Å²) in [5.74, 6) is 0. The summed E-state index contributed by atoms with van der Waals surface area (Å²) in [6.07, 6.45) is -22.2. The Morgan fingerprint density at radius 1 is 0.675 bits per heavy atom. The van der Waals surface area contributed by atoms with Gasteiger partial charge in [0.15, 0.2) is 25.2 Å². The molecule has 4 aliphatic heterocycles. The van der Waals surface area contributed by atoms with Crippen molar-refractivity contribution in [3.63, 3.8) is 0 Å². The van der Waals surface area contributed by atoms with Crippen LogP contribution in [0.15, 0.2) is 0 Å². The molecule has 0 bridgehead atoms. The van der Waals surface area contributed by atoms with Crippen LogP contribution in [0.25, 0.3) is 0 Å². The first-order chi connectivity index (χ1) is 18.8. The Morgan fingerprint density at radius 3 is 1.90 bits per heavy atom. The first-order valence-corrected chi connectivity index (χ1v) is 13.0. The summed E-state index contributed by atoms with van der Waals surface area (Å²) in [5.41, 5.74) is -1.95. The van der Waals surface area contributed by atoms with E-state index in [0.717, 1.165) is 0 Å². The Labute approximate surface area is 229 Å². The second-order valence-electron chi connectivity index (χ2n) is 10.6. The molecule has 17 nitrogen and oxygen atoms in total. The standard InChI is InChI=1S/C23H40O17/c1-7-10(25)12(27)17(21(33-3)36-7)40-20-15(30)13(28)16(8(2)37-20)39-19-14(29)11(26)9(4-34-19)38-22-18(31)23(32,5-24)6-35-22/h7-22,24-32H,4-6H2,1-3H3/t7-,8+,9-,10+,11+,12+,13+,14-,15-,16+,17-,18+,19+,20+,21+,22+,23-/m1/s1. The van der Waals surface area contributed by atoms with Gasteiger partial charge in [-0.2, -0.15) is 0 Å². The second-order valence-corrected chi connectivity index (χ2v) is 10.6. The summed E-state index contributed by atoms with van der Waals surface area (Å²) in [4.78, 5) is 0. The van der Waals surface area contributed by atoms with Crippen LogP contribution in [0.3, 0.4) is 0 Å². The van der Waals surface area contributed by atoms with Crippen molar-refractivity contribution in [2.24, 2.45) is 0 Å². The number of hydrogen-bond acceptors (Lipinski definition) is 17. The maximum Gasteiger partial charge on any atom is 0.187 e. The van der Waals surface area contributed by atoms with E-state index < -0.39 is 117 Å². The molecule has 0 aromatic carbocycles. The lowest BCUT2D eigenvalue weighted by atomic mass is 9.97. The fourth-order valence-electron chi connectivity index (χ4n) is 5.04. The zero-order valence-electron chi connectivity index (χ0n) is 22.1. The van der Waals surface area contributed by atoms with Crippen molar-refractivity contribution in [3.05, 3.63) is 0 Å². The van der Waals surface area contributed by atoms with Gasteiger partial charge in [0.1, 0.15) is 66.6 Å². The highest BCUT2D eigenvalue weighted by Crippen LogP contribution is 2.33. The highest BCUT2D eigenvalue weighted by atomic mass is 16.8. The molecule has 17 atom stereocenters. The highest BCUT2D eigenvalue weighted by Gasteiger charge is 2.53. The van der Waals surface area contributed by atoms with Crippen LogP contribution in [0.5, 0.6) is 0 Å². The van der Waals surface area contributed by atoms with Gasteiger partial charge in [0.25, 0.3) is 0 Å². The number of ether oxygens (including phenoxy) is 8. The summed E-state index contributed by atoms with van der Waals surface area (Å²) in [6.45, 7) is 1.44. The van der Waals surface area contributed by atoms with Crippen molar-refractivity contribution in [1.82, 2.24) is 0 Å². The molecule has 0 saturated carbocycles. The summed E-state index contributed by atoms with van der Waals surface area (Å²) in [6, 6.07) is 0. The van der Waals surface area contributed by atoms with Crippen molar-refractivity contribution >= 4 is 0 Å². The lowest BCUT2D eigenvalue weighted by Gasteiger charge is -2.47. The van der Waals surface area contributed by atoms with Gasteiger partial charge in [0.2, 0.25) is 0 Å². The SMILES string of the molecule is CO[C@H]1O[C@H](C)[C@H](O)[C@H](O)[C@H]1O[C@@H]1O[C@@H](C)[C@H](O[C@@H]2OC[C@@H](O[C@@H]3OC[C@](O)(CO)[C@H]3O)[C@H](O)[C@H]2O)[C@@H](O)[C@H]1O. The van der Waals surface area contributed by atoms with Crippen LogP contribution in [0.2, 0.25) is 0 Å². The molecule has 0 aromatic heterocycles. The minimum atomic E-state index is -1.95. The fraction of sp³-hybridized carbons (Fsp3) is 1.00. The van der Waals surface area contributed by atoms with Crippen molar-refractivity contribution < 1.29 is 83.9 Å². The van der Waals surface area contributed by atoms with Crippen LogP contribution >= 0.6 is 0 Å². The molecule has 4 saturated heterocycles. The molecule has 234 valence electrons. The predicted molar refractivity (Wildman–Crippen MR) is 124 cm³/mol. The predicted octanol–water partition coefficient (Wildman–Crippen LogP) is -5.76. The molecule has 9 N–H and O–H groups in total. The molecule has 0 aliphatic carbocycles. The third kappa shape index (κ3) is 6.17. The Morgan fingerprint density at radius 2 is 1.27 bits per heavy atom. The van der Waals surface area contributed by atoms with E-state index in [1.165, 1.54) is 21.0 Å². The third-order valence-electron chi connectivity index (χ3n) is 7.70. The van der Waals surface area contributed by atoms with Crippen molar-refractivity contribution in [3.8, 4) is 0 Å². The first-order valence-electron chi connectivity index (χ1n) is 13.0. The minimum Gasteiger partial charge on any atom is -0.393 e. The van der Waals surface area contributed by atoms with E-state index in [0.29, 0.717) is 0 Å². The lowest BCUT2D eigenvalue weighted by Crippen LogP contribution is -2.64. The van der Waals surface area contributed by atoms with E-state index >= 15 is 0 Å². The maximum absolute atomic E-state index is 10.8. The van der Waals surface area contributed by atoms with Crippen molar-refractivity contribution in [2.45, 2.75) is 118 Å². The van der Waals surface area contributed by atoms with Crippen LogP contribution in [0, 0.1) is 0 Å². The Balaban J connectivity index is 1.34. The quantitative estimate of drug-likeness (QED) is 0.128. The zero-order valence-corrected chi connectivity index (χ0v) is 22.1. The number of methoxy groups -OCH3 is 1. The van der Waals surface area contributed by atoms with Gasteiger partial charge < -0.3 is 83.9 Å². The van der Waals surface area contributed by atoms with E-state index in [4.69, 9.17) is 37.9 Å². The average Bonchev–Trinajstić information content (AvgIpc) is 3.22. The van der Waals surface area contributed by atoms with Crippen LogP contribution < -0.4 is 0 Å². The Hall–Kier alpha value is -0.680. The number of rotatable bonds is 8. The molecule has 0 unspecified atom stereocenters. The molecular formula is C23H40O17. The summed E-state index contributed by atoms with van der Waals surface area (Å²) < 4.78 is 43.7. The van der Waals surface area contributed by atoms with Crippen LogP contribution in [-0.2, 0) is 37.9 Å². The topological polar surface area (TPSA) is 256 Å². The van der Waals surface area contributed by atoms with Crippen molar-refractivity contribution in [2.75, 3.05) is 26.9 Å². The Kier molecular flexibility index (Phi) is 10.4. The molecule has 0 radical (unpaired) electrons. The molecule has 40 heavy (non-hydrogen) atoms. The van der Waals surface area contributed by atoms with E-state index in [9.17, 15) is 46.0 Å². The largest absolute Gasteiger partial charge is 0.393 e. The molecule has 4 rings (SSSR count). The van der Waals surface area contributed by atoms with Crippen LogP contribution in [-0.4, -0.2) is 177 Å². The maximum atomic E-state index is 10.8. The second kappa shape index (κ2) is 12.9. The first kappa shape index (κ1) is 32.2. The lowest BCUT2D eigenvalue weighted by molar-refractivity contribution is -0.376. The minimum absolute atomic E-state index is 0.363. The van der Waals surface area contributed by atoms with E-state index in [-0.39, 0.29) is 6.61 Å². The van der Waals surface area contributed by atoms with Crippen LogP contribution in [0.1, 0.15) is 13.8 Å². The monoisotopic (exact) mass is 588 g/mol. The van der Waals surface area contributed by atoms with E-state index in [1.54, 1.807) is 0 Å². The summed E-state index contributed by atoms with van der Waals surface area (Å²) in [5, 5.41) is 92.8.